The number of furan rings is 1. The number of benzene rings is 1. The van der Waals surface area contributed by atoms with Crippen molar-refractivity contribution in [2.24, 2.45) is 10.1 Å². The van der Waals surface area contributed by atoms with Crippen LogP contribution in [0, 0.1) is 0 Å². The Morgan fingerprint density at radius 3 is 2.88 bits per heavy atom. The van der Waals surface area contributed by atoms with Gasteiger partial charge in [-0.2, -0.15) is 0 Å². The third-order valence-corrected chi connectivity index (χ3v) is 6.66. The number of carbonyl (C=O) groups excluding carboxylic acids is 1. The summed E-state index contributed by atoms with van der Waals surface area (Å²) in [5.74, 6) is 1.28. The molecule has 134 valence electrons. The normalized spacial score (nSPS) is 18.7. The molecule has 0 spiro atoms. The number of thioether (sulfide) groups is 1. The molecule has 1 atom stereocenters. The minimum atomic E-state index is -0.550. The quantitative estimate of drug-likeness (QED) is 0.707. The first kappa shape index (κ1) is 17.8. The van der Waals surface area contributed by atoms with Gasteiger partial charge in [0.05, 0.1) is 9.83 Å². The van der Waals surface area contributed by atoms with Gasteiger partial charge in [0.15, 0.2) is 15.6 Å². The highest BCUT2D eigenvalue weighted by molar-refractivity contribution is 9.13. The van der Waals surface area contributed by atoms with E-state index in [1.807, 2.05) is 30.3 Å². The van der Waals surface area contributed by atoms with E-state index < -0.39 is 6.17 Å². The lowest BCUT2D eigenvalue weighted by atomic mass is 10.1. The van der Waals surface area contributed by atoms with Crippen LogP contribution in [0.1, 0.15) is 25.3 Å². The fourth-order valence-corrected chi connectivity index (χ4v) is 4.08. The van der Waals surface area contributed by atoms with Gasteiger partial charge in [0.1, 0.15) is 5.70 Å². The van der Waals surface area contributed by atoms with E-state index >= 15 is 0 Å². The summed E-state index contributed by atoms with van der Waals surface area (Å²) in [6.45, 7) is 2.09. The van der Waals surface area contributed by atoms with E-state index in [1.165, 1.54) is 11.8 Å². The van der Waals surface area contributed by atoms with Crippen LogP contribution in [0.25, 0.3) is 5.70 Å². The first-order valence-corrected chi connectivity index (χ1v) is 10.6. The third kappa shape index (κ3) is 3.12. The number of nitrogens with zero attached hydrogens (tertiary/aromatic N) is 3. The largest absolute Gasteiger partial charge is 0.449 e. The van der Waals surface area contributed by atoms with Crippen molar-refractivity contribution in [3.05, 3.63) is 55.8 Å². The molecule has 6 nitrogen and oxygen atoms in total. The molecule has 1 aromatic carbocycles. The lowest BCUT2D eigenvalue weighted by Gasteiger charge is -2.32. The summed E-state index contributed by atoms with van der Waals surface area (Å²) in [7, 11) is 0. The Bertz CT molecular complexity index is 1010. The topological polar surface area (TPSA) is 70.2 Å². The highest BCUT2D eigenvalue weighted by atomic mass is 79.9. The van der Waals surface area contributed by atoms with Gasteiger partial charge in [-0.1, -0.05) is 36.9 Å². The number of nitrogens with one attached hydrogen (secondary N) is 1. The molecular formula is C17H14Br2N4O2S. The van der Waals surface area contributed by atoms with Crippen molar-refractivity contribution in [2.45, 2.75) is 19.5 Å². The first-order valence-electron chi connectivity index (χ1n) is 8.02. The van der Waals surface area contributed by atoms with Gasteiger partial charge >= 0.3 is 0 Å². The van der Waals surface area contributed by atoms with E-state index in [0.29, 0.717) is 21.3 Å². The van der Waals surface area contributed by atoms with Gasteiger partial charge in [0.25, 0.3) is 5.91 Å². The highest BCUT2D eigenvalue weighted by Gasteiger charge is 2.36. The monoisotopic (exact) mass is 496 g/mol. The molecule has 9 heteroatoms. The zero-order valence-electron chi connectivity index (χ0n) is 13.7. The Kier molecular flexibility index (Phi) is 4.94. The van der Waals surface area contributed by atoms with Crippen molar-refractivity contribution in [2.75, 3.05) is 5.75 Å². The van der Waals surface area contributed by atoms with Crippen LogP contribution in [0.15, 0.2) is 54.0 Å². The van der Waals surface area contributed by atoms with E-state index in [0.717, 1.165) is 27.2 Å². The average molecular weight is 498 g/mol. The maximum absolute atomic E-state index is 12.8. The molecule has 1 aromatic heterocycles. The number of para-hydroxylation sites is 1. The second-order valence-corrected chi connectivity index (χ2v) is 8.35. The van der Waals surface area contributed by atoms with Crippen molar-refractivity contribution in [1.29, 1.82) is 0 Å². The van der Waals surface area contributed by atoms with Gasteiger partial charge in [-0.25, -0.2) is 10.0 Å². The highest BCUT2D eigenvalue weighted by Crippen LogP contribution is 2.36. The van der Waals surface area contributed by atoms with Crippen molar-refractivity contribution in [3.8, 4) is 0 Å². The standard InChI is InChI=1S/C17H14Br2N4O2S/c1-2-7-26-17-21-16(24)13-9-5-3-4-6-11(9)20-15(23(13)22-17)12-8-10(18)14(19)25-12/h3-6,8,15H,2,7H2,1H3,(H,21,22,24)/t15-/m0/s1. The fraction of sp³-hybridized carbons (Fsp3) is 0.235. The molecule has 1 N–H and O–H groups in total. The third-order valence-electron chi connectivity index (χ3n) is 3.88. The lowest BCUT2D eigenvalue weighted by Crippen LogP contribution is -2.50. The van der Waals surface area contributed by atoms with Gasteiger partial charge in [0.2, 0.25) is 6.17 Å². The van der Waals surface area contributed by atoms with Crippen LogP contribution in [-0.2, 0) is 4.79 Å². The van der Waals surface area contributed by atoms with E-state index in [4.69, 9.17) is 9.41 Å². The summed E-state index contributed by atoms with van der Waals surface area (Å²) in [6.07, 6.45) is 0.441. The number of carbonyl (C=O) groups is 1. The van der Waals surface area contributed by atoms with Crippen molar-refractivity contribution in [3.63, 3.8) is 0 Å². The molecule has 3 heterocycles. The molecule has 0 bridgehead atoms. The molecular weight excluding hydrogens is 484 g/mol. The van der Waals surface area contributed by atoms with Crippen LogP contribution >= 0.6 is 43.6 Å². The molecule has 1 amide bonds. The average Bonchev–Trinajstić information content (AvgIpc) is 2.97. The molecule has 0 saturated heterocycles. The van der Waals surface area contributed by atoms with Gasteiger partial charge in [-0.05, 0) is 50.4 Å². The van der Waals surface area contributed by atoms with E-state index in [1.54, 1.807) is 5.01 Å². The van der Waals surface area contributed by atoms with Crippen LogP contribution < -0.4 is 15.9 Å². The maximum atomic E-state index is 12.8. The van der Waals surface area contributed by atoms with Crippen molar-refractivity contribution >= 4 is 60.4 Å². The first-order chi connectivity index (χ1) is 12.6. The molecule has 0 fully saturated rings. The minimum absolute atomic E-state index is 0.185. The Balaban J connectivity index is 1.90. The number of rotatable bonds is 3. The summed E-state index contributed by atoms with van der Waals surface area (Å²) in [5, 5.41) is 11.3. The van der Waals surface area contributed by atoms with Gasteiger partial charge in [-0.3, -0.25) is 10.1 Å². The van der Waals surface area contributed by atoms with E-state index in [-0.39, 0.29) is 5.91 Å². The van der Waals surface area contributed by atoms with Crippen LogP contribution in [-0.4, -0.2) is 21.8 Å². The molecule has 0 saturated carbocycles. The Hall–Kier alpha value is -1.58. The SMILES string of the molecule is CCCSC1=NN2C(=c3ccccc3=N[C@@H]2c2cc(Br)c(Br)o2)C(=O)N1. The molecule has 0 radical (unpaired) electrons. The summed E-state index contributed by atoms with van der Waals surface area (Å²) in [6, 6.07) is 9.39. The maximum Gasteiger partial charge on any atom is 0.276 e. The molecule has 4 rings (SSSR count). The number of amides is 1. The minimum Gasteiger partial charge on any atom is -0.449 e. The van der Waals surface area contributed by atoms with Crippen LogP contribution in [0.4, 0.5) is 0 Å². The van der Waals surface area contributed by atoms with Gasteiger partial charge in [0, 0.05) is 11.0 Å². The predicted molar refractivity (Wildman–Crippen MR) is 108 cm³/mol. The zero-order valence-corrected chi connectivity index (χ0v) is 17.7. The summed E-state index contributed by atoms with van der Waals surface area (Å²) in [5.41, 5.74) is 0.477. The summed E-state index contributed by atoms with van der Waals surface area (Å²) in [4.78, 5) is 17.6. The molecule has 2 aromatic rings. The van der Waals surface area contributed by atoms with Gasteiger partial charge < -0.3 is 4.42 Å². The number of fused-ring (bicyclic) bond motifs is 2. The van der Waals surface area contributed by atoms with Gasteiger partial charge in [-0.15, -0.1) is 5.10 Å². The number of hydrazone groups is 1. The van der Waals surface area contributed by atoms with Crippen LogP contribution in [0.3, 0.4) is 0 Å². The summed E-state index contributed by atoms with van der Waals surface area (Å²) < 4.78 is 7.15. The lowest BCUT2D eigenvalue weighted by molar-refractivity contribution is -0.116. The van der Waals surface area contributed by atoms with Crippen LogP contribution in [0.2, 0.25) is 0 Å². The number of hydrogen-bond acceptors (Lipinski definition) is 6. The summed E-state index contributed by atoms with van der Waals surface area (Å²) >= 11 is 8.31. The zero-order chi connectivity index (χ0) is 18.3. The van der Waals surface area contributed by atoms with Crippen molar-refractivity contribution < 1.29 is 9.21 Å². The Morgan fingerprint density at radius 2 is 2.15 bits per heavy atom. The second kappa shape index (κ2) is 7.21. The molecule has 2 aliphatic rings. The Morgan fingerprint density at radius 1 is 1.35 bits per heavy atom. The van der Waals surface area contributed by atoms with E-state index in [2.05, 4.69) is 49.2 Å². The molecule has 26 heavy (non-hydrogen) atoms. The smallest absolute Gasteiger partial charge is 0.276 e. The predicted octanol–water partition coefficient (Wildman–Crippen LogP) is 3.09. The number of amidine groups is 1. The second-order valence-electron chi connectivity index (χ2n) is 5.69. The van der Waals surface area contributed by atoms with Crippen molar-refractivity contribution in [1.82, 2.24) is 10.3 Å². The number of halogens is 2. The number of hydrogen-bond donors (Lipinski definition) is 1. The Labute approximate surface area is 170 Å². The van der Waals surface area contributed by atoms with E-state index in [9.17, 15) is 4.79 Å². The van der Waals surface area contributed by atoms with Crippen LogP contribution in [0.5, 0.6) is 0 Å². The fourth-order valence-electron chi connectivity index (χ4n) is 2.77. The molecule has 0 aliphatic carbocycles. The molecule has 2 aliphatic heterocycles. The molecule has 0 unspecified atom stereocenters.